The predicted molar refractivity (Wildman–Crippen MR) is 63.5 cm³/mol. The van der Waals surface area contributed by atoms with Crippen LogP contribution in [-0.2, 0) is 14.3 Å². The summed E-state index contributed by atoms with van der Waals surface area (Å²) in [4.78, 5) is 22.8. The highest BCUT2D eigenvalue weighted by molar-refractivity contribution is 5.81. The first kappa shape index (κ1) is 13.9. The molecule has 0 bridgehead atoms. The lowest BCUT2D eigenvalue weighted by Crippen LogP contribution is -2.49. The van der Waals surface area contributed by atoms with Gasteiger partial charge in [0.25, 0.3) is 5.91 Å². The minimum absolute atomic E-state index is 0.00479. The number of carbonyl (C=O) groups excluding carboxylic acids is 2. The van der Waals surface area contributed by atoms with Crippen LogP contribution in [0.25, 0.3) is 0 Å². The first-order chi connectivity index (χ1) is 8.11. The minimum atomic E-state index is -0.412. The Morgan fingerprint density at radius 1 is 1.35 bits per heavy atom. The van der Waals surface area contributed by atoms with Gasteiger partial charge in [-0.15, -0.1) is 0 Å². The second-order valence-electron chi connectivity index (χ2n) is 4.30. The Balaban J connectivity index is 2.09. The Morgan fingerprint density at radius 3 is 2.65 bits per heavy atom. The first-order valence-electron chi connectivity index (χ1n) is 5.99. The zero-order valence-corrected chi connectivity index (χ0v) is 10.4. The average Bonchev–Trinajstić information content (AvgIpc) is 2.35. The third-order valence-electron chi connectivity index (χ3n) is 2.47. The van der Waals surface area contributed by atoms with Crippen molar-refractivity contribution in [3.63, 3.8) is 0 Å². The summed E-state index contributed by atoms with van der Waals surface area (Å²) in [5.74, 6) is -0.164. The quantitative estimate of drug-likeness (QED) is 0.533. The number of ether oxygens (including phenoxy) is 1. The standard InChI is InChI=1S/C11H21N3O3/c1-8(2)10(15)13-3-4-14-11(16)9-7-12-5-6-17-9/h8-9,12H,3-7H2,1-2H3,(H,13,15)(H,14,16). The highest BCUT2D eigenvalue weighted by Crippen LogP contribution is 1.95. The summed E-state index contributed by atoms with van der Waals surface area (Å²) in [6.45, 7) is 6.42. The van der Waals surface area contributed by atoms with Gasteiger partial charge < -0.3 is 20.7 Å². The van der Waals surface area contributed by atoms with Gasteiger partial charge in [-0.1, -0.05) is 13.8 Å². The summed E-state index contributed by atoms with van der Waals surface area (Å²) in [6.07, 6.45) is -0.412. The van der Waals surface area contributed by atoms with Gasteiger partial charge >= 0.3 is 0 Å². The number of amides is 2. The second kappa shape index (κ2) is 7.24. The van der Waals surface area contributed by atoms with E-state index in [0.29, 0.717) is 26.2 Å². The van der Waals surface area contributed by atoms with Crippen LogP contribution in [0.1, 0.15) is 13.8 Å². The molecule has 17 heavy (non-hydrogen) atoms. The molecule has 1 heterocycles. The van der Waals surface area contributed by atoms with E-state index < -0.39 is 6.10 Å². The number of morpholine rings is 1. The van der Waals surface area contributed by atoms with E-state index in [1.165, 1.54) is 0 Å². The Hall–Kier alpha value is -1.14. The molecule has 1 saturated heterocycles. The van der Waals surface area contributed by atoms with E-state index >= 15 is 0 Å². The van der Waals surface area contributed by atoms with Crippen LogP contribution in [0.2, 0.25) is 0 Å². The number of hydrogen-bond acceptors (Lipinski definition) is 4. The van der Waals surface area contributed by atoms with Gasteiger partial charge in [0.1, 0.15) is 6.10 Å². The monoisotopic (exact) mass is 243 g/mol. The highest BCUT2D eigenvalue weighted by Gasteiger charge is 2.20. The molecule has 0 aliphatic carbocycles. The molecule has 0 radical (unpaired) electrons. The van der Waals surface area contributed by atoms with Gasteiger partial charge in [0.2, 0.25) is 5.91 Å². The van der Waals surface area contributed by atoms with Crippen molar-refractivity contribution in [2.45, 2.75) is 20.0 Å². The third kappa shape index (κ3) is 5.14. The van der Waals surface area contributed by atoms with E-state index in [1.807, 2.05) is 13.8 Å². The van der Waals surface area contributed by atoms with Crippen LogP contribution >= 0.6 is 0 Å². The van der Waals surface area contributed by atoms with Crippen molar-refractivity contribution in [3.8, 4) is 0 Å². The molecular weight excluding hydrogens is 222 g/mol. The van der Waals surface area contributed by atoms with Gasteiger partial charge in [-0.2, -0.15) is 0 Å². The van der Waals surface area contributed by atoms with Crippen molar-refractivity contribution >= 4 is 11.8 Å². The van der Waals surface area contributed by atoms with Gasteiger partial charge in [-0.05, 0) is 0 Å². The number of nitrogens with one attached hydrogen (secondary N) is 3. The Labute approximate surface area is 101 Å². The lowest BCUT2D eigenvalue weighted by atomic mass is 10.2. The summed E-state index contributed by atoms with van der Waals surface area (Å²) in [7, 11) is 0. The van der Waals surface area contributed by atoms with E-state index in [4.69, 9.17) is 4.74 Å². The van der Waals surface area contributed by atoms with E-state index in [2.05, 4.69) is 16.0 Å². The van der Waals surface area contributed by atoms with Gasteiger partial charge in [0.15, 0.2) is 0 Å². The van der Waals surface area contributed by atoms with Crippen LogP contribution in [0.15, 0.2) is 0 Å². The van der Waals surface area contributed by atoms with Crippen molar-refractivity contribution in [2.24, 2.45) is 5.92 Å². The van der Waals surface area contributed by atoms with E-state index in [1.54, 1.807) is 0 Å². The number of carbonyl (C=O) groups is 2. The maximum absolute atomic E-state index is 11.6. The largest absolute Gasteiger partial charge is 0.366 e. The molecule has 6 nitrogen and oxygen atoms in total. The van der Waals surface area contributed by atoms with E-state index in [0.717, 1.165) is 6.54 Å². The number of rotatable bonds is 5. The molecule has 0 aromatic rings. The van der Waals surface area contributed by atoms with Crippen LogP contribution < -0.4 is 16.0 Å². The lowest BCUT2D eigenvalue weighted by Gasteiger charge is -2.22. The lowest BCUT2D eigenvalue weighted by molar-refractivity contribution is -0.134. The Bertz CT molecular complexity index is 263. The first-order valence-corrected chi connectivity index (χ1v) is 5.99. The normalized spacial score (nSPS) is 20.1. The summed E-state index contributed by atoms with van der Waals surface area (Å²) < 4.78 is 5.29. The second-order valence-corrected chi connectivity index (χ2v) is 4.30. The van der Waals surface area contributed by atoms with Crippen molar-refractivity contribution in [2.75, 3.05) is 32.8 Å². The van der Waals surface area contributed by atoms with E-state index in [9.17, 15) is 9.59 Å². The van der Waals surface area contributed by atoms with Gasteiger partial charge in [0, 0.05) is 32.1 Å². The molecule has 2 amide bonds. The molecule has 0 saturated carbocycles. The molecule has 1 atom stereocenters. The Kier molecular flexibility index (Phi) is 5.93. The molecule has 98 valence electrons. The van der Waals surface area contributed by atoms with Crippen LogP contribution in [-0.4, -0.2) is 50.7 Å². The number of hydrogen-bond donors (Lipinski definition) is 3. The maximum atomic E-state index is 11.6. The molecular formula is C11H21N3O3. The van der Waals surface area contributed by atoms with Crippen molar-refractivity contribution in [1.82, 2.24) is 16.0 Å². The molecule has 6 heteroatoms. The fourth-order valence-electron chi connectivity index (χ4n) is 1.42. The smallest absolute Gasteiger partial charge is 0.250 e. The predicted octanol–water partition coefficient (Wildman–Crippen LogP) is -1.14. The molecule has 1 fully saturated rings. The minimum Gasteiger partial charge on any atom is -0.366 e. The maximum Gasteiger partial charge on any atom is 0.250 e. The fourth-order valence-corrected chi connectivity index (χ4v) is 1.42. The molecule has 1 aliphatic heterocycles. The SMILES string of the molecule is CC(C)C(=O)NCCNC(=O)C1CNCCO1. The summed E-state index contributed by atoms with van der Waals surface area (Å²) >= 11 is 0. The third-order valence-corrected chi connectivity index (χ3v) is 2.47. The van der Waals surface area contributed by atoms with Gasteiger partial charge in [0.05, 0.1) is 6.61 Å². The fraction of sp³-hybridized carbons (Fsp3) is 0.818. The Morgan fingerprint density at radius 2 is 2.06 bits per heavy atom. The molecule has 0 spiro atoms. The summed E-state index contributed by atoms with van der Waals surface area (Å²) in [6, 6.07) is 0. The average molecular weight is 243 g/mol. The van der Waals surface area contributed by atoms with Crippen LogP contribution in [0, 0.1) is 5.92 Å². The zero-order chi connectivity index (χ0) is 12.7. The molecule has 1 aliphatic rings. The molecule has 0 aromatic carbocycles. The summed E-state index contributed by atoms with van der Waals surface area (Å²) in [5.41, 5.74) is 0. The van der Waals surface area contributed by atoms with Crippen molar-refractivity contribution < 1.29 is 14.3 Å². The van der Waals surface area contributed by atoms with Crippen LogP contribution in [0.3, 0.4) is 0 Å². The summed E-state index contributed by atoms with van der Waals surface area (Å²) in [5, 5.41) is 8.54. The molecule has 0 aromatic heterocycles. The van der Waals surface area contributed by atoms with Crippen molar-refractivity contribution in [3.05, 3.63) is 0 Å². The molecule has 1 rings (SSSR count). The van der Waals surface area contributed by atoms with Crippen LogP contribution in [0.4, 0.5) is 0 Å². The van der Waals surface area contributed by atoms with Crippen molar-refractivity contribution in [1.29, 1.82) is 0 Å². The van der Waals surface area contributed by atoms with Gasteiger partial charge in [-0.3, -0.25) is 9.59 Å². The molecule has 1 unspecified atom stereocenters. The topological polar surface area (TPSA) is 79.5 Å². The van der Waals surface area contributed by atoms with Crippen LogP contribution in [0.5, 0.6) is 0 Å². The zero-order valence-electron chi connectivity index (χ0n) is 10.4. The highest BCUT2D eigenvalue weighted by atomic mass is 16.5. The van der Waals surface area contributed by atoms with E-state index in [-0.39, 0.29) is 17.7 Å². The van der Waals surface area contributed by atoms with Gasteiger partial charge in [-0.25, -0.2) is 0 Å². The molecule has 3 N–H and O–H groups in total.